The normalized spacial score (nSPS) is 12.2. The Morgan fingerprint density at radius 2 is 1.91 bits per heavy atom. The van der Waals surface area contributed by atoms with Crippen LogP contribution in [0.3, 0.4) is 0 Å². The number of carboxylic acids is 1. The van der Waals surface area contributed by atoms with Crippen molar-refractivity contribution in [1.29, 1.82) is 0 Å². The molecule has 0 spiro atoms. The Morgan fingerprint density at radius 3 is 2.41 bits per heavy atom. The molecule has 0 fully saturated rings. The highest BCUT2D eigenvalue weighted by molar-refractivity contribution is 6.30. The molecule has 0 aliphatic heterocycles. The fourth-order valence-electron chi connectivity index (χ4n) is 1.81. The van der Waals surface area contributed by atoms with Crippen LogP contribution in [0.25, 0.3) is 0 Å². The Hall–Kier alpha value is -2.34. The monoisotopic (exact) mass is 322 g/mol. The second-order valence-electron chi connectivity index (χ2n) is 5.07. The fraction of sp³-hybridized carbons (Fsp3) is 0.267. The molecule has 6 nitrogen and oxygen atoms in total. The Labute approximate surface area is 132 Å². The number of hydrogen-bond donors (Lipinski definition) is 2. The molecule has 1 unspecified atom stereocenters. The SMILES string of the molecule is CC(C)c1cc(C(=O)NC(C(=O)O)c2ccc(Cl)cc2)on1. The van der Waals surface area contributed by atoms with E-state index in [4.69, 9.17) is 16.1 Å². The average molecular weight is 323 g/mol. The van der Waals surface area contributed by atoms with Gasteiger partial charge in [-0.15, -0.1) is 0 Å². The Morgan fingerprint density at radius 1 is 1.27 bits per heavy atom. The van der Waals surface area contributed by atoms with Crippen LogP contribution in [0.5, 0.6) is 0 Å². The van der Waals surface area contributed by atoms with E-state index in [1.54, 1.807) is 24.3 Å². The van der Waals surface area contributed by atoms with Crippen molar-refractivity contribution in [3.05, 3.63) is 52.4 Å². The van der Waals surface area contributed by atoms with E-state index >= 15 is 0 Å². The summed E-state index contributed by atoms with van der Waals surface area (Å²) in [4.78, 5) is 23.5. The molecule has 0 aliphatic carbocycles. The van der Waals surface area contributed by atoms with Crippen LogP contribution < -0.4 is 5.32 Å². The predicted molar refractivity (Wildman–Crippen MR) is 79.9 cm³/mol. The van der Waals surface area contributed by atoms with Crippen LogP contribution in [0.4, 0.5) is 0 Å². The molecule has 0 saturated carbocycles. The van der Waals surface area contributed by atoms with E-state index in [0.717, 1.165) is 0 Å². The molecule has 1 atom stereocenters. The molecule has 116 valence electrons. The molecule has 2 aromatic rings. The summed E-state index contributed by atoms with van der Waals surface area (Å²) in [5, 5.41) is 16.0. The number of carboxylic acid groups (broad SMARTS) is 1. The number of rotatable bonds is 5. The summed E-state index contributed by atoms with van der Waals surface area (Å²) in [5.41, 5.74) is 1.04. The lowest BCUT2D eigenvalue weighted by Crippen LogP contribution is -2.33. The Balaban J connectivity index is 2.18. The van der Waals surface area contributed by atoms with Gasteiger partial charge in [0.15, 0.2) is 6.04 Å². The zero-order chi connectivity index (χ0) is 16.3. The number of carbonyl (C=O) groups is 2. The van der Waals surface area contributed by atoms with Gasteiger partial charge in [0.2, 0.25) is 5.76 Å². The molecule has 0 radical (unpaired) electrons. The Kier molecular flexibility index (Phi) is 4.82. The number of aliphatic carboxylic acids is 1. The van der Waals surface area contributed by atoms with E-state index in [0.29, 0.717) is 16.3 Å². The molecule has 1 amide bonds. The molecular weight excluding hydrogens is 308 g/mol. The molecule has 2 rings (SSSR count). The van der Waals surface area contributed by atoms with E-state index in [1.165, 1.54) is 6.07 Å². The third kappa shape index (κ3) is 3.65. The summed E-state index contributed by atoms with van der Waals surface area (Å²) in [5.74, 6) is -1.73. The minimum Gasteiger partial charge on any atom is -0.479 e. The summed E-state index contributed by atoms with van der Waals surface area (Å²) >= 11 is 5.77. The van der Waals surface area contributed by atoms with Gasteiger partial charge in [-0.25, -0.2) is 4.79 Å². The van der Waals surface area contributed by atoms with Crippen molar-refractivity contribution in [3.63, 3.8) is 0 Å². The molecule has 2 N–H and O–H groups in total. The quantitative estimate of drug-likeness (QED) is 0.882. The van der Waals surface area contributed by atoms with Crippen molar-refractivity contribution in [1.82, 2.24) is 10.5 Å². The highest BCUT2D eigenvalue weighted by Gasteiger charge is 2.25. The van der Waals surface area contributed by atoms with Crippen molar-refractivity contribution in [2.24, 2.45) is 0 Å². The largest absolute Gasteiger partial charge is 0.479 e. The fourth-order valence-corrected chi connectivity index (χ4v) is 1.94. The third-order valence-corrected chi connectivity index (χ3v) is 3.32. The van der Waals surface area contributed by atoms with Crippen molar-refractivity contribution < 1.29 is 19.2 Å². The predicted octanol–water partition coefficient (Wildman–Crippen LogP) is 3.01. The number of nitrogens with one attached hydrogen (secondary N) is 1. The first-order chi connectivity index (χ1) is 10.4. The summed E-state index contributed by atoms with van der Waals surface area (Å²) in [6.07, 6.45) is 0. The van der Waals surface area contributed by atoms with Gasteiger partial charge in [-0.2, -0.15) is 0 Å². The van der Waals surface area contributed by atoms with Crippen LogP contribution in [0, 0.1) is 0 Å². The van der Waals surface area contributed by atoms with Gasteiger partial charge in [-0.05, 0) is 23.6 Å². The van der Waals surface area contributed by atoms with Crippen molar-refractivity contribution in [2.75, 3.05) is 0 Å². The molecule has 0 aliphatic rings. The first-order valence-corrected chi connectivity index (χ1v) is 7.02. The number of aromatic nitrogens is 1. The van der Waals surface area contributed by atoms with Crippen molar-refractivity contribution >= 4 is 23.5 Å². The Bertz CT molecular complexity index is 679. The number of benzene rings is 1. The molecular formula is C15H15ClN2O4. The molecule has 22 heavy (non-hydrogen) atoms. The van der Waals surface area contributed by atoms with Crippen molar-refractivity contribution in [3.8, 4) is 0 Å². The lowest BCUT2D eigenvalue weighted by molar-refractivity contribution is -0.139. The maximum Gasteiger partial charge on any atom is 0.330 e. The highest BCUT2D eigenvalue weighted by Crippen LogP contribution is 2.19. The smallest absolute Gasteiger partial charge is 0.330 e. The number of carbonyl (C=O) groups excluding carboxylic acids is 1. The van der Waals surface area contributed by atoms with Gasteiger partial charge in [0, 0.05) is 11.1 Å². The average Bonchev–Trinajstić information content (AvgIpc) is 2.95. The molecule has 7 heteroatoms. The van der Waals surface area contributed by atoms with E-state index in [9.17, 15) is 14.7 Å². The van der Waals surface area contributed by atoms with E-state index in [1.807, 2.05) is 13.8 Å². The third-order valence-electron chi connectivity index (χ3n) is 3.07. The standard InChI is InChI=1S/C15H15ClN2O4/c1-8(2)11-7-12(22-18-11)14(19)17-13(15(20)21)9-3-5-10(16)6-4-9/h3-8,13H,1-2H3,(H,17,19)(H,20,21). The van der Waals surface area contributed by atoms with Gasteiger partial charge in [-0.3, -0.25) is 4.79 Å². The molecule has 1 aromatic heterocycles. The summed E-state index contributed by atoms with van der Waals surface area (Å²) in [6.45, 7) is 3.82. The molecule has 0 saturated heterocycles. The minimum atomic E-state index is -1.20. The van der Waals surface area contributed by atoms with Gasteiger partial charge in [0.25, 0.3) is 5.91 Å². The van der Waals surface area contributed by atoms with E-state index in [2.05, 4.69) is 10.5 Å². The van der Waals surface area contributed by atoms with Gasteiger partial charge in [-0.1, -0.05) is 42.7 Å². The summed E-state index contributed by atoms with van der Waals surface area (Å²) in [6, 6.07) is 6.51. The molecule has 1 heterocycles. The summed E-state index contributed by atoms with van der Waals surface area (Å²) in [7, 11) is 0. The topological polar surface area (TPSA) is 92.4 Å². The van der Waals surface area contributed by atoms with E-state index < -0.39 is 17.9 Å². The maximum absolute atomic E-state index is 12.1. The van der Waals surface area contributed by atoms with Crippen LogP contribution in [-0.4, -0.2) is 22.1 Å². The second kappa shape index (κ2) is 6.62. The number of amides is 1. The van der Waals surface area contributed by atoms with Gasteiger partial charge in [0.05, 0.1) is 5.69 Å². The number of hydrogen-bond acceptors (Lipinski definition) is 4. The van der Waals surface area contributed by atoms with Crippen LogP contribution in [0.15, 0.2) is 34.9 Å². The lowest BCUT2D eigenvalue weighted by atomic mass is 10.1. The first-order valence-electron chi connectivity index (χ1n) is 6.64. The minimum absolute atomic E-state index is 0.0242. The van der Waals surface area contributed by atoms with Crippen molar-refractivity contribution in [2.45, 2.75) is 25.8 Å². The highest BCUT2D eigenvalue weighted by atomic mass is 35.5. The molecule has 1 aromatic carbocycles. The number of halogens is 1. The maximum atomic E-state index is 12.1. The second-order valence-corrected chi connectivity index (χ2v) is 5.50. The molecule has 0 bridgehead atoms. The zero-order valence-corrected chi connectivity index (χ0v) is 12.8. The van der Waals surface area contributed by atoms with Crippen LogP contribution in [0.1, 0.15) is 47.6 Å². The van der Waals surface area contributed by atoms with E-state index in [-0.39, 0.29) is 11.7 Å². The zero-order valence-electron chi connectivity index (χ0n) is 12.0. The van der Waals surface area contributed by atoms with Gasteiger partial charge in [0.1, 0.15) is 0 Å². The first kappa shape index (κ1) is 16.0. The van der Waals surface area contributed by atoms with Crippen LogP contribution in [-0.2, 0) is 4.79 Å². The van der Waals surface area contributed by atoms with Gasteiger partial charge < -0.3 is 14.9 Å². The van der Waals surface area contributed by atoms with Crippen LogP contribution >= 0.6 is 11.6 Å². The summed E-state index contributed by atoms with van der Waals surface area (Å²) < 4.78 is 4.95. The number of nitrogens with zero attached hydrogens (tertiary/aromatic N) is 1. The lowest BCUT2D eigenvalue weighted by Gasteiger charge is -2.13. The van der Waals surface area contributed by atoms with Crippen LogP contribution in [0.2, 0.25) is 5.02 Å². The van der Waals surface area contributed by atoms with Gasteiger partial charge >= 0.3 is 5.97 Å².